The summed E-state index contributed by atoms with van der Waals surface area (Å²) in [7, 11) is 0. The third-order valence-electron chi connectivity index (χ3n) is 4.47. The van der Waals surface area contributed by atoms with E-state index in [1.807, 2.05) is 0 Å². The molecular weight excluding hydrogens is 536 g/mol. The lowest BCUT2D eigenvalue weighted by molar-refractivity contribution is -0.113. The molecule has 2 aromatic heterocycles. The molecule has 2 N–H and O–H groups in total. The molecule has 0 aliphatic heterocycles. The van der Waals surface area contributed by atoms with Gasteiger partial charge < -0.3 is 5.32 Å². The van der Waals surface area contributed by atoms with Crippen LogP contribution < -0.4 is 10.6 Å². The quantitative estimate of drug-likeness (QED) is 0.309. The zero-order valence-corrected chi connectivity index (χ0v) is 21.1. The molecule has 0 aliphatic carbocycles. The lowest BCUT2D eigenvalue weighted by Gasteiger charge is -2.11. The van der Waals surface area contributed by atoms with Gasteiger partial charge in [0.2, 0.25) is 11.0 Å². The standard InChI is InChI=1S/C21H16Cl2FN7O2S2/c1-11-27-29-20(35-11)26-18(32)10-34-21-30-28-17(31(21)14-5-3-13(24)4-6-14)9-25-19(33)15-8-12(22)2-7-16(15)23/h2-8H,9-10H2,1H3,(H,25,33)(H,26,29,32). The van der Waals surface area contributed by atoms with E-state index in [4.69, 9.17) is 23.2 Å². The Labute approximate surface area is 217 Å². The third-order valence-corrected chi connectivity index (χ3v) is 6.72. The number of anilines is 1. The number of carbonyl (C=O) groups excluding carboxylic acids is 2. The Kier molecular flexibility index (Phi) is 7.96. The van der Waals surface area contributed by atoms with Crippen LogP contribution >= 0.6 is 46.3 Å². The summed E-state index contributed by atoms with van der Waals surface area (Å²) in [6.07, 6.45) is 0. The van der Waals surface area contributed by atoms with Crippen molar-refractivity contribution >= 4 is 63.2 Å². The van der Waals surface area contributed by atoms with E-state index >= 15 is 0 Å². The summed E-state index contributed by atoms with van der Waals surface area (Å²) in [6, 6.07) is 10.3. The van der Waals surface area contributed by atoms with Crippen LogP contribution in [0.2, 0.25) is 10.0 Å². The molecule has 2 aromatic carbocycles. The van der Waals surface area contributed by atoms with Gasteiger partial charge in [0.25, 0.3) is 5.91 Å². The fourth-order valence-corrected chi connectivity index (χ4v) is 4.67. The van der Waals surface area contributed by atoms with Crippen LogP contribution in [0.5, 0.6) is 0 Å². The first kappa shape index (κ1) is 25.0. The molecule has 180 valence electrons. The van der Waals surface area contributed by atoms with E-state index < -0.39 is 11.7 Å². The topological polar surface area (TPSA) is 115 Å². The predicted octanol–water partition coefficient (Wildman–Crippen LogP) is 4.53. The highest BCUT2D eigenvalue weighted by Gasteiger charge is 2.18. The van der Waals surface area contributed by atoms with Crippen molar-refractivity contribution in [2.24, 2.45) is 0 Å². The van der Waals surface area contributed by atoms with Crippen LogP contribution in [-0.2, 0) is 11.3 Å². The minimum Gasteiger partial charge on any atom is -0.345 e. The van der Waals surface area contributed by atoms with E-state index in [0.29, 0.717) is 26.8 Å². The molecule has 0 atom stereocenters. The molecular formula is C21H16Cl2FN7O2S2. The molecule has 0 aliphatic rings. The number of aryl methyl sites for hydroxylation is 1. The molecule has 2 heterocycles. The minimum absolute atomic E-state index is 0.0110. The van der Waals surface area contributed by atoms with Gasteiger partial charge in [-0.05, 0) is 49.4 Å². The number of nitrogens with one attached hydrogen (secondary N) is 2. The van der Waals surface area contributed by atoms with Gasteiger partial charge in [0.15, 0.2) is 11.0 Å². The Morgan fingerprint density at radius 2 is 1.86 bits per heavy atom. The number of benzene rings is 2. The second kappa shape index (κ2) is 11.1. The zero-order valence-electron chi connectivity index (χ0n) is 18.0. The second-order valence-corrected chi connectivity index (χ2v) is 9.95. The van der Waals surface area contributed by atoms with E-state index in [0.717, 1.165) is 16.8 Å². The molecule has 0 fully saturated rings. The van der Waals surface area contributed by atoms with E-state index in [9.17, 15) is 14.0 Å². The van der Waals surface area contributed by atoms with Gasteiger partial charge >= 0.3 is 0 Å². The number of hydrogen-bond donors (Lipinski definition) is 2. The normalized spacial score (nSPS) is 10.9. The second-order valence-electron chi connectivity index (χ2n) is 6.98. The number of nitrogens with zero attached hydrogens (tertiary/aromatic N) is 5. The van der Waals surface area contributed by atoms with Crippen molar-refractivity contribution in [2.75, 3.05) is 11.1 Å². The smallest absolute Gasteiger partial charge is 0.253 e. The Morgan fingerprint density at radius 1 is 1.09 bits per heavy atom. The molecule has 0 saturated heterocycles. The summed E-state index contributed by atoms with van der Waals surface area (Å²) < 4.78 is 15.1. The summed E-state index contributed by atoms with van der Waals surface area (Å²) in [5, 5.41) is 23.6. The number of rotatable bonds is 8. The number of carbonyl (C=O) groups is 2. The number of thioether (sulfide) groups is 1. The van der Waals surface area contributed by atoms with Crippen LogP contribution in [0.3, 0.4) is 0 Å². The fourth-order valence-electron chi connectivity index (χ4n) is 2.92. The average molecular weight is 552 g/mol. The van der Waals surface area contributed by atoms with Gasteiger partial charge in [0.1, 0.15) is 10.8 Å². The van der Waals surface area contributed by atoms with Gasteiger partial charge in [-0.3, -0.25) is 19.5 Å². The van der Waals surface area contributed by atoms with Crippen LogP contribution in [0.1, 0.15) is 21.2 Å². The number of amides is 2. The van der Waals surface area contributed by atoms with Crippen molar-refractivity contribution in [3.8, 4) is 5.69 Å². The van der Waals surface area contributed by atoms with Gasteiger partial charge in [-0.2, -0.15) is 0 Å². The Balaban J connectivity index is 1.52. The molecule has 4 aromatic rings. The maximum absolute atomic E-state index is 13.5. The largest absolute Gasteiger partial charge is 0.345 e. The fraction of sp³-hybridized carbons (Fsp3) is 0.143. The number of hydrogen-bond acceptors (Lipinski definition) is 8. The summed E-state index contributed by atoms with van der Waals surface area (Å²) in [5.41, 5.74) is 0.772. The highest BCUT2D eigenvalue weighted by atomic mass is 35.5. The third kappa shape index (κ3) is 6.34. The van der Waals surface area contributed by atoms with Crippen LogP contribution in [-0.4, -0.2) is 42.5 Å². The summed E-state index contributed by atoms with van der Waals surface area (Å²) in [6.45, 7) is 1.77. The van der Waals surface area contributed by atoms with Gasteiger partial charge in [-0.25, -0.2) is 4.39 Å². The van der Waals surface area contributed by atoms with Gasteiger partial charge in [0, 0.05) is 10.7 Å². The first-order chi connectivity index (χ1) is 16.8. The molecule has 0 bridgehead atoms. The summed E-state index contributed by atoms with van der Waals surface area (Å²) in [5.74, 6) is -0.779. The van der Waals surface area contributed by atoms with Crippen molar-refractivity contribution < 1.29 is 14.0 Å². The molecule has 35 heavy (non-hydrogen) atoms. The van der Waals surface area contributed by atoms with Crippen LogP contribution in [0, 0.1) is 12.7 Å². The maximum Gasteiger partial charge on any atom is 0.253 e. The molecule has 14 heteroatoms. The molecule has 9 nitrogen and oxygen atoms in total. The molecule has 2 amide bonds. The summed E-state index contributed by atoms with van der Waals surface area (Å²) in [4.78, 5) is 25.0. The number of halogens is 3. The minimum atomic E-state index is -0.452. The predicted molar refractivity (Wildman–Crippen MR) is 133 cm³/mol. The molecule has 4 rings (SSSR count). The average Bonchev–Trinajstić information content (AvgIpc) is 3.43. The molecule has 0 saturated carbocycles. The lowest BCUT2D eigenvalue weighted by Crippen LogP contribution is -2.25. The van der Waals surface area contributed by atoms with Crippen LogP contribution in [0.4, 0.5) is 9.52 Å². The molecule has 0 spiro atoms. The first-order valence-corrected chi connectivity index (χ1v) is 12.5. The van der Waals surface area contributed by atoms with Crippen molar-refractivity contribution in [2.45, 2.75) is 18.6 Å². The van der Waals surface area contributed by atoms with Crippen molar-refractivity contribution in [1.29, 1.82) is 0 Å². The lowest BCUT2D eigenvalue weighted by atomic mass is 10.2. The zero-order chi connectivity index (χ0) is 24.9. The Morgan fingerprint density at radius 3 is 2.57 bits per heavy atom. The van der Waals surface area contributed by atoms with E-state index in [2.05, 4.69) is 31.0 Å². The van der Waals surface area contributed by atoms with Crippen molar-refractivity contribution in [3.63, 3.8) is 0 Å². The highest BCUT2D eigenvalue weighted by Crippen LogP contribution is 2.24. The number of aromatic nitrogens is 5. The first-order valence-electron chi connectivity index (χ1n) is 9.96. The molecule has 0 radical (unpaired) electrons. The molecule has 0 unspecified atom stereocenters. The highest BCUT2D eigenvalue weighted by molar-refractivity contribution is 7.99. The Hall–Kier alpha value is -3.06. The van der Waals surface area contributed by atoms with E-state index in [1.165, 1.54) is 35.6 Å². The van der Waals surface area contributed by atoms with E-state index in [-0.39, 0.29) is 28.8 Å². The van der Waals surface area contributed by atoms with Gasteiger partial charge in [-0.1, -0.05) is 46.3 Å². The van der Waals surface area contributed by atoms with E-state index in [1.54, 1.807) is 29.7 Å². The van der Waals surface area contributed by atoms with Crippen LogP contribution in [0.25, 0.3) is 5.69 Å². The monoisotopic (exact) mass is 551 g/mol. The Bertz CT molecular complexity index is 1380. The summed E-state index contributed by atoms with van der Waals surface area (Å²) >= 11 is 14.5. The van der Waals surface area contributed by atoms with Gasteiger partial charge in [-0.15, -0.1) is 20.4 Å². The SMILES string of the molecule is Cc1nnc(NC(=O)CSc2nnc(CNC(=O)c3cc(Cl)ccc3Cl)n2-c2ccc(F)cc2)s1. The van der Waals surface area contributed by atoms with Crippen molar-refractivity contribution in [3.05, 3.63) is 74.7 Å². The maximum atomic E-state index is 13.5. The van der Waals surface area contributed by atoms with Crippen molar-refractivity contribution in [1.82, 2.24) is 30.3 Å². The van der Waals surface area contributed by atoms with Crippen LogP contribution in [0.15, 0.2) is 47.6 Å². The van der Waals surface area contributed by atoms with Gasteiger partial charge in [0.05, 0.1) is 22.9 Å².